The Morgan fingerprint density at radius 1 is 1.70 bits per heavy atom. The van der Waals surface area contributed by atoms with Crippen molar-refractivity contribution in [3.8, 4) is 0 Å². The lowest BCUT2D eigenvalue weighted by atomic mass is 10.6. The van der Waals surface area contributed by atoms with Crippen LogP contribution in [0.2, 0.25) is 0 Å². The van der Waals surface area contributed by atoms with Gasteiger partial charge in [0.25, 0.3) is 6.01 Å². The molecule has 0 unspecified atom stereocenters. The Hall–Kier alpha value is -1.45. The van der Waals surface area contributed by atoms with Crippen LogP contribution in [0, 0.1) is 0 Å². The third kappa shape index (κ3) is 0.528. The third-order valence-electron chi connectivity index (χ3n) is 1.43. The summed E-state index contributed by atoms with van der Waals surface area (Å²) < 4.78 is 6.89. The van der Waals surface area contributed by atoms with Crippen LogP contribution in [0.3, 0.4) is 0 Å². The molecule has 0 bridgehead atoms. The minimum Gasteiger partial charge on any atom is -0.422 e. The predicted octanol–water partition coefficient (Wildman–Crippen LogP) is 0.748. The number of aryl methyl sites for hydroxylation is 1. The standard InChI is InChI=1S/C6H7N3O/c1-9-3-2-4-5(9)8-6(7)10-4/h2-3H,1H3,(H2,7,8). The molecule has 2 N–H and O–H groups in total. The molecule has 2 heterocycles. The van der Waals surface area contributed by atoms with Crippen LogP contribution in [-0.4, -0.2) is 9.55 Å². The molecule has 0 aliphatic carbocycles. The first-order valence-corrected chi connectivity index (χ1v) is 2.95. The Labute approximate surface area is 57.3 Å². The summed E-state index contributed by atoms with van der Waals surface area (Å²) in [5.41, 5.74) is 6.84. The summed E-state index contributed by atoms with van der Waals surface area (Å²) in [7, 11) is 1.89. The molecule has 0 aliphatic rings. The van der Waals surface area contributed by atoms with Crippen LogP contribution < -0.4 is 5.73 Å². The summed E-state index contributed by atoms with van der Waals surface area (Å²) >= 11 is 0. The Morgan fingerprint density at radius 3 is 3.20 bits per heavy atom. The highest BCUT2D eigenvalue weighted by Crippen LogP contribution is 2.15. The van der Waals surface area contributed by atoms with E-state index in [1.807, 2.05) is 23.9 Å². The number of hydrogen-bond acceptors (Lipinski definition) is 3. The Kier molecular flexibility index (Phi) is 0.818. The number of nitrogen functional groups attached to an aromatic ring is 1. The fourth-order valence-corrected chi connectivity index (χ4v) is 0.952. The highest BCUT2D eigenvalue weighted by molar-refractivity contribution is 5.70. The van der Waals surface area contributed by atoms with Crippen molar-refractivity contribution in [3.63, 3.8) is 0 Å². The molecule has 0 saturated carbocycles. The molecule has 2 aromatic heterocycles. The van der Waals surface area contributed by atoms with E-state index in [0.717, 1.165) is 11.2 Å². The van der Waals surface area contributed by atoms with E-state index in [9.17, 15) is 0 Å². The third-order valence-corrected chi connectivity index (χ3v) is 1.43. The van der Waals surface area contributed by atoms with Gasteiger partial charge in [-0.05, 0) is 0 Å². The second-order valence-electron chi connectivity index (χ2n) is 2.17. The van der Waals surface area contributed by atoms with E-state index in [1.165, 1.54) is 0 Å². The van der Waals surface area contributed by atoms with Crippen LogP contribution in [0.15, 0.2) is 16.7 Å². The lowest BCUT2D eigenvalue weighted by Gasteiger charge is -1.84. The largest absolute Gasteiger partial charge is 0.422 e. The minimum atomic E-state index is 0.223. The van der Waals surface area contributed by atoms with Gasteiger partial charge >= 0.3 is 0 Å². The maximum atomic E-state index is 5.31. The maximum Gasteiger partial charge on any atom is 0.294 e. The van der Waals surface area contributed by atoms with Gasteiger partial charge in [0.1, 0.15) is 0 Å². The van der Waals surface area contributed by atoms with E-state index in [-0.39, 0.29) is 6.01 Å². The number of aromatic nitrogens is 2. The number of nitrogens with zero attached hydrogens (tertiary/aromatic N) is 2. The van der Waals surface area contributed by atoms with Crippen molar-refractivity contribution in [2.24, 2.45) is 7.05 Å². The monoisotopic (exact) mass is 137 g/mol. The highest BCUT2D eigenvalue weighted by atomic mass is 16.4. The number of fused-ring (bicyclic) bond motifs is 1. The quantitative estimate of drug-likeness (QED) is 0.582. The van der Waals surface area contributed by atoms with E-state index in [1.54, 1.807) is 0 Å². The zero-order chi connectivity index (χ0) is 7.14. The fraction of sp³-hybridized carbons (Fsp3) is 0.167. The van der Waals surface area contributed by atoms with Crippen molar-refractivity contribution < 1.29 is 4.42 Å². The van der Waals surface area contributed by atoms with Crippen molar-refractivity contribution in [2.75, 3.05) is 5.73 Å². The van der Waals surface area contributed by atoms with Gasteiger partial charge in [0.15, 0.2) is 11.2 Å². The molecule has 0 atom stereocenters. The fourth-order valence-electron chi connectivity index (χ4n) is 0.952. The molecular formula is C6H7N3O. The second-order valence-corrected chi connectivity index (χ2v) is 2.17. The molecule has 2 rings (SSSR count). The van der Waals surface area contributed by atoms with Gasteiger partial charge in [-0.3, -0.25) is 0 Å². The molecular weight excluding hydrogens is 130 g/mol. The van der Waals surface area contributed by atoms with Gasteiger partial charge in [0.05, 0.1) is 0 Å². The highest BCUT2D eigenvalue weighted by Gasteiger charge is 2.03. The predicted molar refractivity (Wildman–Crippen MR) is 37.4 cm³/mol. The summed E-state index contributed by atoms with van der Waals surface area (Å²) in [6.07, 6.45) is 1.88. The van der Waals surface area contributed by atoms with Crippen molar-refractivity contribution in [2.45, 2.75) is 0 Å². The summed E-state index contributed by atoms with van der Waals surface area (Å²) in [6, 6.07) is 2.06. The molecule has 10 heavy (non-hydrogen) atoms. The van der Waals surface area contributed by atoms with Crippen LogP contribution >= 0.6 is 0 Å². The van der Waals surface area contributed by atoms with Crippen molar-refractivity contribution in [1.82, 2.24) is 9.55 Å². The zero-order valence-corrected chi connectivity index (χ0v) is 5.53. The van der Waals surface area contributed by atoms with Gasteiger partial charge in [-0.15, -0.1) is 0 Å². The molecule has 0 spiro atoms. The lowest BCUT2D eigenvalue weighted by Crippen LogP contribution is -1.86. The average Bonchev–Trinajstić information content (AvgIpc) is 2.35. The Morgan fingerprint density at radius 2 is 2.50 bits per heavy atom. The van der Waals surface area contributed by atoms with Crippen LogP contribution in [0.25, 0.3) is 11.2 Å². The molecule has 0 amide bonds. The summed E-state index contributed by atoms with van der Waals surface area (Å²) in [6.45, 7) is 0. The number of anilines is 1. The number of rotatable bonds is 0. The first-order chi connectivity index (χ1) is 4.77. The summed E-state index contributed by atoms with van der Waals surface area (Å²) in [5, 5.41) is 0. The summed E-state index contributed by atoms with van der Waals surface area (Å²) in [4.78, 5) is 3.95. The smallest absolute Gasteiger partial charge is 0.294 e. The van der Waals surface area contributed by atoms with Crippen molar-refractivity contribution in [3.05, 3.63) is 12.3 Å². The van der Waals surface area contributed by atoms with E-state index in [2.05, 4.69) is 4.98 Å². The molecule has 4 heteroatoms. The Balaban J connectivity index is 2.90. The van der Waals surface area contributed by atoms with E-state index in [4.69, 9.17) is 10.2 Å². The van der Waals surface area contributed by atoms with E-state index < -0.39 is 0 Å². The van der Waals surface area contributed by atoms with Gasteiger partial charge < -0.3 is 14.7 Å². The van der Waals surface area contributed by atoms with Crippen molar-refractivity contribution >= 4 is 17.2 Å². The molecule has 0 fully saturated rings. The molecule has 52 valence electrons. The summed E-state index contributed by atoms with van der Waals surface area (Å²) in [5.74, 6) is 0. The van der Waals surface area contributed by atoms with Crippen LogP contribution in [-0.2, 0) is 7.05 Å². The van der Waals surface area contributed by atoms with Gasteiger partial charge in [0, 0.05) is 19.3 Å². The van der Waals surface area contributed by atoms with Gasteiger partial charge in [-0.1, -0.05) is 0 Å². The van der Waals surface area contributed by atoms with Crippen molar-refractivity contribution in [1.29, 1.82) is 0 Å². The number of hydrogen-bond donors (Lipinski definition) is 1. The topological polar surface area (TPSA) is 57.0 Å². The number of oxazole rings is 1. The Bertz CT molecular complexity index is 360. The molecule has 0 aliphatic heterocycles. The van der Waals surface area contributed by atoms with Gasteiger partial charge in [-0.25, -0.2) is 0 Å². The normalized spacial score (nSPS) is 10.9. The SMILES string of the molecule is Cn1ccc2oc(N)nc21. The van der Waals surface area contributed by atoms with Crippen LogP contribution in [0.4, 0.5) is 6.01 Å². The van der Waals surface area contributed by atoms with Crippen LogP contribution in [0.1, 0.15) is 0 Å². The van der Waals surface area contributed by atoms with Gasteiger partial charge in [0.2, 0.25) is 0 Å². The minimum absolute atomic E-state index is 0.223. The van der Waals surface area contributed by atoms with Gasteiger partial charge in [-0.2, -0.15) is 4.98 Å². The first-order valence-electron chi connectivity index (χ1n) is 2.95. The second kappa shape index (κ2) is 1.53. The number of nitrogens with two attached hydrogens (primary N) is 1. The molecule has 0 radical (unpaired) electrons. The maximum absolute atomic E-state index is 5.31. The molecule has 4 nitrogen and oxygen atoms in total. The van der Waals surface area contributed by atoms with Crippen LogP contribution in [0.5, 0.6) is 0 Å². The lowest BCUT2D eigenvalue weighted by molar-refractivity contribution is 0.626. The average molecular weight is 137 g/mol. The van der Waals surface area contributed by atoms with E-state index >= 15 is 0 Å². The molecule has 0 aromatic carbocycles. The van der Waals surface area contributed by atoms with E-state index in [0.29, 0.717) is 0 Å². The molecule has 2 aromatic rings. The first kappa shape index (κ1) is 5.34. The molecule has 0 saturated heterocycles. The zero-order valence-electron chi connectivity index (χ0n) is 5.53.